The van der Waals surface area contributed by atoms with Gasteiger partial charge in [-0.25, -0.2) is 0 Å². The molecule has 0 saturated heterocycles. The molecular formula is C13H28NO3Si+. The molecule has 0 heterocycles. The molecular weight excluding hydrogens is 246 g/mol. The van der Waals surface area contributed by atoms with Gasteiger partial charge in [0.05, 0.1) is 26.7 Å². The van der Waals surface area contributed by atoms with Crippen molar-refractivity contribution in [3.05, 3.63) is 25.3 Å². The molecule has 0 unspecified atom stereocenters. The summed E-state index contributed by atoms with van der Waals surface area (Å²) in [6.45, 7) is 10.5. The zero-order valence-corrected chi connectivity index (χ0v) is 13.3. The molecule has 0 aromatic rings. The van der Waals surface area contributed by atoms with E-state index in [4.69, 9.17) is 13.3 Å². The monoisotopic (exact) mass is 274 g/mol. The van der Waals surface area contributed by atoms with E-state index in [2.05, 4.69) is 20.2 Å². The molecule has 0 amide bonds. The first-order valence-electron chi connectivity index (χ1n) is 6.22. The number of rotatable bonds is 11. The number of quaternary nitrogens is 1. The second-order valence-corrected chi connectivity index (χ2v) is 7.78. The third kappa shape index (κ3) is 5.45. The van der Waals surface area contributed by atoms with Crippen molar-refractivity contribution in [2.24, 2.45) is 0 Å². The highest BCUT2D eigenvalue weighted by atomic mass is 28.4. The average molecular weight is 274 g/mol. The molecule has 0 fully saturated rings. The summed E-state index contributed by atoms with van der Waals surface area (Å²) in [5, 5.41) is 0. The third-order valence-corrected chi connectivity index (χ3v) is 6.09. The summed E-state index contributed by atoms with van der Waals surface area (Å²) in [6.07, 6.45) is 4.91. The van der Waals surface area contributed by atoms with Crippen LogP contribution in [0.15, 0.2) is 25.3 Å². The first-order valence-corrected chi connectivity index (χ1v) is 8.15. The summed E-state index contributed by atoms with van der Waals surface area (Å²) < 4.78 is 17.2. The third-order valence-electron chi connectivity index (χ3n) is 3.25. The van der Waals surface area contributed by atoms with Crippen molar-refractivity contribution in [3.8, 4) is 0 Å². The van der Waals surface area contributed by atoms with Crippen LogP contribution in [0.1, 0.15) is 6.42 Å². The highest BCUT2D eigenvalue weighted by Gasteiger charge is 2.37. The Labute approximate surface area is 113 Å². The van der Waals surface area contributed by atoms with Gasteiger partial charge in [0, 0.05) is 33.8 Å². The molecule has 18 heavy (non-hydrogen) atoms. The van der Waals surface area contributed by atoms with E-state index < -0.39 is 8.80 Å². The van der Waals surface area contributed by atoms with Gasteiger partial charge in [0.15, 0.2) is 0 Å². The Morgan fingerprint density at radius 3 is 1.78 bits per heavy atom. The Bertz CT molecular complexity index is 236. The van der Waals surface area contributed by atoms with Gasteiger partial charge < -0.3 is 17.8 Å². The molecule has 0 bridgehead atoms. The van der Waals surface area contributed by atoms with Crippen LogP contribution in [0.25, 0.3) is 0 Å². The number of hydrogen-bond acceptors (Lipinski definition) is 3. The minimum Gasteiger partial charge on any atom is -0.377 e. The maximum absolute atomic E-state index is 5.42. The second-order valence-electron chi connectivity index (χ2n) is 4.68. The van der Waals surface area contributed by atoms with E-state index in [9.17, 15) is 0 Å². The van der Waals surface area contributed by atoms with Crippen LogP contribution in [-0.2, 0) is 13.3 Å². The van der Waals surface area contributed by atoms with Crippen molar-refractivity contribution < 1.29 is 17.8 Å². The molecule has 0 atom stereocenters. The minimum absolute atomic E-state index is 0.832. The maximum atomic E-state index is 5.42. The van der Waals surface area contributed by atoms with E-state index in [1.807, 2.05) is 12.2 Å². The first kappa shape index (κ1) is 17.5. The maximum Gasteiger partial charge on any atom is 0.500 e. The van der Waals surface area contributed by atoms with Crippen molar-refractivity contribution in [2.45, 2.75) is 12.5 Å². The number of likely N-dealkylation sites (N-methyl/N-ethyl adjacent to an activating group) is 1. The van der Waals surface area contributed by atoms with Gasteiger partial charge >= 0.3 is 8.80 Å². The highest BCUT2D eigenvalue weighted by molar-refractivity contribution is 6.60. The molecule has 106 valence electrons. The van der Waals surface area contributed by atoms with Crippen LogP contribution in [0, 0.1) is 0 Å². The van der Waals surface area contributed by atoms with Gasteiger partial charge in [-0.2, -0.15) is 0 Å². The lowest BCUT2D eigenvalue weighted by atomic mass is 10.3. The summed E-state index contributed by atoms with van der Waals surface area (Å²) in [6, 6.07) is 0.832. The zero-order valence-electron chi connectivity index (χ0n) is 12.3. The topological polar surface area (TPSA) is 27.7 Å². The summed E-state index contributed by atoms with van der Waals surface area (Å²) in [5.41, 5.74) is 0. The fourth-order valence-electron chi connectivity index (χ4n) is 2.11. The standard InChI is InChI=1S/C13H28NO3Si/c1-7-10-14(3,11-8-2)12-9-13-18(15-4,16-5)17-6/h7-8H,1-2,9-13H2,3-6H3/q+1. The zero-order chi connectivity index (χ0) is 14.1. The molecule has 0 aromatic heterocycles. The van der Waals surface area contributed by atoms with Crippen LogP contribution in [0.2, 0.25) is 6.04 Å². The molecule has 0 aliphatic rings. The minimum atomic E-state index is -2.42. The lowest BCUT2D eigenvalue weighted by Crippen LogP contribution is -2.47. The average Bonchev–Trinajstić information content (AvgIpc) is 2.36. The van der Waals surface area contributed by atoms with E-state index in [-0.39, 0.29) is 0 Å². The molecule has 0 saturated carbocycles. The summed E-state index contributed by atoms with van der Waals surface area (Å²) in [5.74, 6) is 0. The molecule has 4 nitrogen and oxygen atoms in total. The van der Waals surface area contributed by atoms with Crippen LogP contribution < -0.4 is 0 Å². The normalized spacial score (nSPS) is 12.4. The Morgan fingerprint density at radius 1 is 1.00 bits per heavy atom. The van der Waals surface area contributed by atoms with E-state index in [1.54, 1.807) is 21.3 Å². The van der Waals surface area contributed by atoms with Crippen LogP contribution in [0.3, 0.4) is 0 Å². The van der Waals surface area contributed by atoms with Crippen molar-refractivity contribution in [1.82, 2.24) is 0 Å². The summed E-state index contributed by atoms with van der Waals surface area (Å²) >= 11 is 0. The van der Waals surface area contributed by atoms with Gasteiger partial charge in [-0.1, -0.05) is 13.2 Å². The van der Waals surface area contributed by atoms with E-state index >= 15 is 0 Å². The predicted octanol–water partition coefficient (Wildman–Crippen LogP) is 2.07. The number of hydrogen-bond donors (Lipinski definition) is 0. The first-order chi connectivity index (χ1) is 8.51. The smallest absolute Gasteiger partial charge is 0.377 e. The van der Waals surface area contributed by atoms with Gasteiger partial charge in [-0.3, -0.25) is 0 Å². The van der Waals surface area contributed by atoms with E-state index in [0.717, 1.165) is 36.6 Å². The van der Waals surface area contributed by atoms with Gasteiger partial charge in [-0.15, -0.1) is 0 Å². The summed E-state index contributed by atoms with van der Waals surface area (Å²) in [4.78, 5) is 0. The molecule has 0 aliphatic carbocycles. The van der Waals surface area contributed by atoms with Crippen molar-refractivity contribution in [1.29, 1.82) is 0 Å². The van der Waals surface area contributed by atoms with Crippen molar-refractivity contribution in [2.75, 3.05) is 48.0 Å². The van der Waals surface area contributed by atoms with Crippen molar-refractivity contribution in [3.63, 3.8) is 0 Å². The molecule has 0 aliphatic heterocycles. The van der Waals surface area contributed by atoms with Gasteiger partial charge in [0.1, 0.15) is 0 Å². The Balaban J connectivity index is 4.35. The lowest BCUT2D eigenvalue weighted by molar-refractivity contribution is -0.898. The SMILES string of the molecule is C=CC[N+](C)(CC=C)CCC[Si](OC)(OC)OC. The molecule has 0 spiro atoms. The molecule has 0 aromatic carbocycles. The Hall–Kier alpha value is -0.463. The number of nitrogens with zero attached hydrogens (tertiary/aromatic N) is 1. The largest absolute Gasteiger partial charge is 0.500 e. The molecule has 0 N–H and O–H groups in total. The Kier molecular flexibility index (Phi) is 8.38. The highest BCUT2D eigenvalue weighted by Crippen LogP contribution is 2.17. The van der Waals surface area contributed by atoms with E-state index in [1.165, 1.54) is 0 Å². The molecule has 0 rings (SSSR count). The van der Waals surface area contributed by atoms with Gasteiger partial charge in [0.2, 0.25) is 0 Å². The van der Waals surface area contributed by atoms with Crippen molar-refractivity contribution >= 4 is 8.80 Å². The molecule has 0 radical (unpaired) electrons. The van der Waals surface area contributed by atoms with Crippen LogP contribution in [0.4, 0.5) is 0 Å². The fraction of sp³-hybridized carbons (Fsp3) is 0.692. The van der Waals surface area contributed by atoms with Crippen LogP contribution in [0.5, 0.6) is 0 Å². The van der Waals surface area contributed by atoms with Gasteiger partial charge in [0.25, 0.3) is 0 Å². The predicted molar refractivity (Wildman–Crippen MR) is 77.4 cm³/mol. The van der Waals surface area contributed by atoms with Gasteiger partial charge in [-0.05, 0) is 12.2 Å². The Morgan fingerprint density at radius 2 is 1.44 bits per heavy atom. The van der Waals surface area contributed by atoms with E-state index in [0.29, 0.717) is 0 Å². The molecule has 5 heteroatoms. The van der Waals surface area contributed by atoms with Crippen LogP contribution >= 0.6 is 0 Å². The fourth-order valence-corrected chi connectivity index (χ4v) is 3.82. The quantitative estimate of drug-likeness (QED) is 0.328. The summed E-state index contributed by atoms with van der Waals surface area (Å²) in [7, 11) is 4.74. The second kappa shape index (κ2) is 8.61. The lowest BCUT2D eigenvalue weighted by Gasteiger charge is -2.33. The van der Waals surface area contributed by atoms with Crippen LogP contribution in [-0.4, -0.2) is 61.3 Å².